The molecule has 0 bridgehead atoms. The Balaban J connectivity index is 2.49. The van der Waals surface area contributed by atoms with Gasteiger partial charge in [0, 0.05) is 10.6 Å². The first-order valence-corrected chi connectivity index (χ1v) is 10.6. The van der Waals surface area contributed by atoms with Gasteiger partial charge in [0.2, 0.25) is 0 Å². The Hall–Kier alpha value is -1.58. The lowest BCUT2D eigenvalue weighted by Gasteiger charge is -2.16. The zero-order chi connectivity index (χ0) is 20.2. The predicted molar refractivity (Wildman–Crippen MR) is 101 cm³/mol. The van der Waals surface area contributed by atoms with Crippen molar-refractivity contribution in [3.05, 3.63) is 47.0 Å². The molecule has 0 radical (unpaired) electrons. The van der Waals surface area contributed by atoms with Gasteiger partial charge in [-0.1, -0.05) is 24.6 Å². The van der Waals surface area contributed by atoms with Gasteiger partial charge < -0.3 is 4.74 Å². The number of hydrogen-bond acceptors (Lipinski definition) is 4. The summed E-state index contributed by atoms with van der Waals surface area (Å²) in [6.45, 7) is 1.95. The van der Waals surface area contributed by atoms with Crippen molar-refractivity contribution < 1.29 is 26.3 Å². The molecule has 2 aromatic carbocycles. The van der Waals surface area contributed by atoms with Crippen LogP contribution in [0.2, 0.25) is 5.02 Å². The lowest BCUT2D eigenvalue weighted by Crippen LogP contribution is -2.16. The molecule has 2 rings (SSSR count). The van der Waals surface area contributed by atoms with Crippen molar-refractivity contribution >= 4 is 39.1 Å². The summed E-state index contributed by atoms with van der Waals surface area (Å²) in [5, 5.41) is -0.512. The van der Waals surface area contributed by atoms with Gasteiger partial charge in [0.15, 0.2) is 0 Å². The van der Waals surface area contributed by atoms with Gasteiger partial charge in [0.05, 0.1) is 17.7 Å². The van der Waals surface area contributed by atoms with E-state index in [1.165, 1.54) is 31.0 Å². The first kappa shape index (κ1) is 21.7. The number of hydrogen-bond donors (Lipinski definition) is 1. The molecular weight excluding hydrogens is 423 g/mol. The fourth-order valence-corrected chi connectivity index (χ4v) is 5.11. The fourth-order valence-electron chi connectivity index (χ4n) is 2.26. The molecule has 0 aromatic heterocycles. The van der Waals surface area contributed by atoms with Gasteiger partial charge in [-0.25, -0.2) is 8.42 Å². The van der Waals surface area contributed by atoms with Crippen LogP contribution < -0.4 is 9.46 Å². The minimum Gasteiger partial charge on any atom is -0.495 e. The number of benzene rings is 2. The Morgan fingerprint density at radius 2 is 1.93 bits per heavy atom. The normalized spacial score (nSPS) is 12.1. The Labute approximate surface area is 165 Å². The van der Waals surface area contributed by atoms with Gasteiger partial charge in [-0.3, -0.25) is 4.72 Å². The number of methoxy groups -OCH3 is 1. The molecule has 0 aliphatic rings. The number of halogens is 4. The van der Waals surface area contributed by atoms with Crippen LogP contribution in [0.25, 0.3) is 0 Å². The number of rotatable bonds is 7. The highest BCUT2D eigenvalue weighted by atomic mass is 35.5. The number of alkyl halides is 3. The highest BCUT2D eigenvalue weighted by molar-refractivity contribution is 8.00. The van der Waals surface area contributed by atoms with Crippen molar-refractivity contribution in [1.29, 1.82) is 0 Å². The van der Waals surface area contributed by atoms with E-state index in [4.69, 9.17) is 16.3 Å². The summed E-state index contributed by atoms with van der Waals surface area (Å²) in [5.41, 5.74) is -1.37. The van der Waals surface area contributed by atoms with E-state index in [9.17, 15) is 21.6 Å². The summed E-state index contributed by atoms with van der Waals surface area (Å²) < 4.78 is 72.2. The van der Waals surface area contributed by atoms with E-state index < -0.39 is 26.8 Å². The van der Waals surface area contributed by atoms with Crippen molar-refractivity contribution in [2.75, 3.05) is 17.6 Å². The predicted octanol–water partition coefficient (Wildman–Crippen LogP) is 5.67. The van der Waals surface area contributed by atoms with Crippen LogP contribution in [0.4, 0.5) is 18.9 Å². The van der Waals surface area contributed by atoms with E-state index in [0.717, 1.165) is 12.5 Å². The monoisotopic (exact) mass is 439 g/mol. The Bertz CT molecular complexity index is 918. The smallest absolute Gasteiger partial charge is 0.417 e. The quantitative estimate of drug-likeness (QED) is 0.565. The minimum absolute atomic E-state index is 0.105. The number of thioether (sulfide) groups is 1. The van der Waals surface area contributed by atoms with Crippen molar-refractivity contribution in [3.63, 3.8) is 0 Å². The van der Waals surface area contributed by atoms with E-state index in [0.29, 0.717) is 16.7 Å². The first-order valence-electron chi connectivity index (χ1n) is 7.79. The summed E-state index contributed by atoms with van der Waals surface area (Å²) in [4.78, 5) is 0.336. The minimum atomic E-state index is -4.70. The second-order valence-electron chi connectivity index (χ2n) is 5.43. The molecule has 2 aromatic rings. The molecule has 0 fully saturated rings. The Morgan fingerprint density at radius 1 is 1.22 bits per heavy atom. The van der Waals surface area contributed by atoms with Crippen LogP contribution in [0.3, 0.4) is 0 Å². The summed E-state index contributed by atoms with van der Waals surface area (Å²) in [5.74, 6) is 0.781. The molecule has 0 saturated carbocycles. The summed E-state index contributed by atoms with van der Waals surface area (Å²) in [7, 11) is -2.87. The molecule has 0 aliphatic carbocycles. The zero-order valence-electron chi connectivity index (χ0n) is 14.4. The lowest BCUT2D eigenvalue weighted by molar-refractivity contribution is -0.137. The molecule has 148 valence electrons. The average Bonchev–Trinajstić information content (AvgIpc) is 2.59. The second kappa shape index (κ2) is 8.62. The first-order chi connectivity index (χ1) is 12.6. The second-order valence-corrected chi connectivity index (χ2v) is 8.60. The van der Waals surface area contributed by atoms with Gasteiger partial charge in [-0.2, -0.15) is 13.2 Å². The third kappa shape index (κ3) is 5.24. The molecule has 0 saturated heterocycles. The lowest BCUT2D eigenvalue weighted by atomic mass is 10.2. The third-order valence-electron chi connectivity index (χ3n) is 3.42. The van der Waals surface area contributed by atoms with Crippen molar-refractivity contribution in [2.24, 2.45) is 0 Å². The molecular formula is C17H17ClF3NO3S2. The van der Waals surface area contributed by atoms with Crippen molar-refractivity contribution in [2.45, 2.75) is 29.3 Å². The van der Waals surface area contributed by atoms with Gasteiger partial charge in [-0.15, -0.1) is 11.8 Å². The van der Waals surface area contributed by atoms with E-state index in [2.05, 4.69) is 4.72 Å². The fraction of sp³-hybridized carbons (Fsp3) is 0.294. The van der Waals surface area contributed by atoms with Crippen molar-refractivity contribution in [3.8, 4) is 5.75 Å². The third-order valence-corrected chi connectivity index (χ3v) is 6.60. The SMILES string of the molecule is CCCSc1cccc(OC)c1S(=O)(=O)Nc1ccc(Cl)c(C(F)(F)F)c1. The van der Waals surface area contributed by atoms with Gasteiger partial charge in [0.25, 0.3) is 10.0 Å². The maximum absolute atomic E-state index is 13.0. The maximum atomic E-state index is 13.0. The number of ether oxygens (including phenoxy) is 1. The summed E-state index contributed by atoms with van der Waals surface area (Å²) in [6.07, 6.45) is -3.88. The maximum Gasteiger partial charge on any atom is 0.417 e. The highest BCUT2D eigenvalue weighted by Crippen LogP contribution is 2.38. The topological polar surface area (TPSA) is 55.4 Å². The molecule has 27 heavy (non-hydrogen) atoms. The standard InChI is InChI=1S/C17H17ClF3NO3S2/c1-3-9-26-15-6-4-5-14(25-2)16(15)27(23,24)22-11-7-8-13(18)12(10-11)17(19,20)21/h4-8,10,22H,3,9H2,1-2H3. The molecule has 0 atom stereocenters. The molecule has 10 heteroatoms. The van der Waals surface area contributed by atoms with E-state index in [1.807, 2.05) is 6.92 Å². The van der Waals surface area contributed by atoms with Gasteiger partial charge in [0.1, 0.15) is 10.6 Å². The largest absolute Gasteiger partial charge is 0.495 e. The van der Waals surface area contributed by atoms with Gasteiger partial charge >= 0.3 is 6.18 Å². The molecule has 0 heterocycles. The van der Waals surface area contributed by atoms with E-state index >= 15 is 0 Å². The molecule has 0 aliphatic heterocycles. The van der Waals surface area contributed by atoms with Crippen molar-refractivity contribution in [1.82, 2.24) is 0 Å². The molecule has 4 nitrogen and oxygen atoms in total. The van der Waals surface area contributed by atoms with Gasteiger partial charge in [-0.05, 0) is 42.5 Å². The highest BCUT2D eigenvalue weighted by Gasteiger charge is 2.34. The molecule has 0 unspecified atom stereocenters. The number of nitrogens with one attached hydrogen (secondary N) is 1. The van der Waals surface area contributed by atoms with E-state index in [-0.39, 0.29) is 16.3 Å². The van der Waals surface area contributed by atoms with Crippen LogP contribution in [-0.4, -0.2) is 21.3 Å². The van der Waals surface area contributed by atoms with Crippen LogP contribution in [0.15, 0.2) is 46.2 Å². The molecule has 0 spiro atoms. The Kier molecular flexibility index (Phi) is 6.93. The molecule has 1 N–H and O–H groups in total. The van der Waals surface area contributed by atoms with Crippen LogP contribution in [0, 0.1) is 0 Å². The Morgan fingerprint density at radius 3 is 2.52 bits per heavy atom. The van der Waals surface area contributed by atoms with Crippen LogP contribution in [0.1, 0.15) is 18.9 Å². The van der Waals surface area contributed by atoms with E-state index in [1.54, 1.807) is 12.1 Å². The van der Waals surface area contributed by atoms with Crippen LogP contribution >= 0.6 is 23.4 Å². The molecule has 0 amide bonds. The number of sulfonamides is 1. The number of anilines is 1. The average molecular weight is 440 g/mol. The zero-order valence-corrected chi connectivity index (χ0v) is 16.8. The van der Waals surface area contributed by atoms with Crippen LogP contribution in [0.5, 0.6) is 5.75 Å². The summed E-state index contributed by atoms with van der Waals surface area (Å²) in [6, 6.07) is 7.59. The van der Waals surface area contributed by atoms with Crippen LogP contribution in [-0.2, 0) is 16.2 Å². The summed E-state index contributed by atoms with van der Waals surface area (Å²) >= 11 is 6.90.